The van der Waals surface area contributed by atoms with Crippen LogP contribution in [0.1, 0.15) is 33.1 Å². The van der Waals surface area contributed by atoms with Crippen LogP contribution in [0.3, 0.4) is 0 Å². The summed E-state index contributed by atoms with van der Waals surface area (Å²) in [7, 11) is 0. The summed E-state index contributed by atoms with van der Waals surface area (Å²) in [6.45, 7) is 4.41. The van der Waals surface area contributed by atoms with Crippen LogP contribution in [0.4, 0.5) is 5.82 Å². The van der Waals surface area contributed by atoms with E-state index in [9.17, 15) is 0 Å². The monoisotopic (exact) mass is 256 g/mol. The molecular formula is C11H17BrN2. The van der Waals surface area contributed by atoms with E-state index in [0.717, 1.165) is 16.7 Å². The molecule has 0 aliphatic heterocycles. The molecule has 1 aromatic heterocycles. The van der Waals surface area contributed by atoms with Crippen LogP contribution in [-0.2, 0) is 0 Å². The molecule has 0 fully saturated rings. The van der Waals surface area contributed by atoms with Gasteiger partial charge in [-0.2, -0.15) is 0 Å². The molecule has 1 atom stereocenters. The van der Waals surface area contributed by atoms with Crippen LogP contribution in [0.25, 0.3) is 0 Å². The van der Waals surface area contributed by atoms with Crippen molar-refractivity contribution in [3.63, 3.8) is 0 Å². The van der Waals surface area contributed by atoms with E-state index in [1.165, 1.54) is 12.8 Å². The third-order valence-electron chi connectivity index (χ3n) is 2.21. The van der Waals surface area contributed by atoms with Gasteiger partial charge in [-0.15, -0.1) is 0 Å². The number of halogens is 1. The highest BCUT2D eigenvalue weighted by Crippen LogP contribution is 2.13. The first-order valence-electron chi connectivity index (χ1n) is 5.14. The molecule has 1 unspecified atom stereocenters. The van der Waals surface area contributed by atoms with E-state index >= 15 is 0 Å². The molecule has 0 bridgehead atoms. The molecule has 1 aromatic rings. The SMILES string of the molecule is CCCC(CC)Nc1ccc(Br)cn1. The van der Waals surface area contributed by atoms with E-state index in [1.807, 2.05) is 18.3 Å². The van der Waals surface area contributed by atoms with Crippen molar-refractivity contribution in [1.82, 2.24) is 4.98 Å². The highest BCUT2D eigenvalue weighted by molar-refractivity contribution is 9.10. The molecular weight excluding hydrogens is 240 g/mol. The molecule has 1 heterocycles. The summed E-state index contributed by atoms with van der Waals surface area (Å²) in [4.78, 5) is 4.29. The van der Waals surface area contributed by atoms with E-state index in [1.54, 1.807) is 0 Å². The van der Waals surface area contributed by atoms with Gasteiger partial charge in [0.15, 0.2) is 0 Å². The van der Waals surface area contributed by atoms with Crippen LogP contribution in [0.2, 0.25) is 0 Å². The lowest BCUT2D eigenvalue weighted by atomic mass is 10.1. The van der Waals surface area contributed by atoms with Crippen LogP contribution in [0, 0.1) is 0 Å². The van der Waals surface area contributed by atoms with E-state index in [4.69, 9.17) is 0 Å². The molecule has 0 aromatic carbocycles. The number of hydrogen-bond donors (Lipinski definition) is 1. The van der Waals surface area contributed by atoms with Gasteiger partial charge in [-0.1, -0.05) is 20.3 Å². The Morgan fingerprint density at radius 2 is 2.21 bits per heavy atom. The molecule has 0 aliphatic carbocycles. The Balaban J connectivity index is 2.53. The van der Waals surface area contributed by atoms with E-state index in [0.29, 0.717) is 6.04 Å². The summed E-state index contributed by atoms with van der Waals surface area (Å²) in [6, 6.07) is 4.56. The van der Waals surface area contributed by atoms with Crippen molar-refractivity contribution in [2.45, 2.75) is 39.2 Å². The van der Waals surface area contributed by atoms with Gasteiger partial charge in [0.1, 0.15) is 5.82 Å². The summed E-state index contributed by atoms with van der Waals surface area (Å²) in [5.41, 5.74) is 0. The highest BCUT2D eigenvalue weighted by atomic mass is 79.9. The topological polar surface area (TPSA) is 24.9 Å². The second-order valence-electron chi connectivity index (χ2n) is 3.40. The Morgan fingerprint density at radius 3 is 2.71 bits per heavy atom. The Kier molecular flexibility index (Phi) is 4.94. The minimum atomic E-state index is 0.550. The summed E-state index contributed by atoms with van der Waals surface area (Å²) >= 11 is 3.37. The molecule has 14 heavy (non-hydrogen) atoms. The fourth-order valence-electron chi connectivity index (χ4n) is 1.40. The van der Waals surface area contributed by atoms with Crippen molar-refractivity contribution in [1.29, 1.82) is 0 Å². The van der Waals surface area contributed by atoms with Gasteiger partial charge in [0.25, 0.3) is 0 Å². The molecule has 0 amide bonds. The van der Waals surface area contributed by atoms with E-state index in [-0.39, 0.29) is 0 Å². The van der Waals surface area contributed by atoms with E-state index < -0.39 is 0 Å². The van der Waals surface area contributed by atoms with Gasteiger partial charge >= 0.3 is 0 Å². The minimum Gasteiger partial charge on any atom is -0.367 e. The zero-order valence-electron chi connectivity index (χ0n) is 8.76. The predicted octanol–water partition coefficient (Wildman–Crippen LogP) is 3.83. The molecule has 0 spiro atoms. The van der Waals surface area contributed by atoms with Crippen molar-refractivity contribution >= 4 is 21.7 Å². The average molecular weight is 257 g/mol. The van der Waals surface area contributed by atoms with Crippen molar-refractivity contribution in [2.24, 2.45) is 0 Å². The Hall–Kier alpha value is -0.570. The van der Waals surface area contributed by atoms with Gasteiger partial charge in [0.05, 0.1) is 0 Å². The fourth-order valence-corrected chi connectivity index (χ4v) is 1.63. The van der Waals surface area contributed by atoms with Gasteiger partial charge in [0.2, 0.25) is 0 Å². The Bertz CT molecular complexity index is 258. The van der Waals surface area contributed by atoms with Crippen LogP contribution >= 0.6 is 15.9 Å². The van der Waals surface area contributed by atoms with Gasteiger partial charge in [-0.3, -0.25) is 0 Å². The average Bonchev–Trinajstić information content (AvgIpc) is 2.20. The lowest BCUT2D eigenvalue weighted by Crippen LogP contribution is -2.18. The second kappa shape index (κ2) is 6.02. The fraction of sp³-hybridized carbons (Fsp3) is 0.545. The number of hydrogen-bond acceptors (Lipinski definition) is 2. The molecule has 0 radical (unpaired) electrons. The van der Waals surface area contributed by atoms with Gasteiger partial charge in [0, 0.05) is 16.7 Å². The van der Waals surface area contributed by atoms with Crippen LogP contribution in [0.15, 0.2) is 22.8 Å². The van der Waals surface area contributed by atoms with Gasteiger partial charge in [-0.25, -0.2) is 4.98 Å². The highest BCUT2D eigenvalue weighted by Gasteiger charge is 2.04. The quantitative estimate of drug-likeness (QED) is 0.866. The van der Waals surface area contributed by atoms with Crippen molar-refractivity contribution in [3.8, 4) is 0 Å². The molecule has 0 saturated heterocycles. The van der Waals surface area contributed by atoms with Crippen LogP contribution in [0.5, 0.6) is 0 Å². The van der Waals surface area contributed by atoms with Crippen molar-refractivity contribution in [2.75, 3.05) is 5.32 Å². The lowest BCUT2D eigenvalue weighted by Gasteiger charge is -2.16. The smallest absolute Gasteiger partial charge is 0.126 e. The maximum Gasteiger partial charge on any atom is 0.126 e. The van der Waals surface area contributed by atoms with Crippen LogP contribution < -0.4 is 5.32 Å². The molecule has 0 aliphatic rings. The third kappa shape index (κ3) is 3.66. The lowest BCUT2D eigenvalue weighted by molar-refractivity contribution is 0.620. The number of nitrogens with one attached hydrogen (secondary N) is 1. The van der Waals surface area contributed by atoms with Crippen molar-refractivity contribution < 1.29 is 0 Å². The second-order valence-corrected chi connectivity index (χ2v) is 4.32. The number of rotatable bonds is 5. The zero-order chi connectivity index (χ0) is 10.4. The number of aromatic nitrogens is 1. The maximum absolute atomic E-state index is 4.29. The minimum absolute atomic E-state index is 0.550. The first-order valence-corrected chi connectivity index (χ1v) is 5.93. The molecule has 2 nitrogen and oxygen atoms in total. The van der Waals surface area contributed by atoms with E-state index in [2.05, 4.69) is 40.1 Å². The summed E-state index contributed by atoms with van der Waals surface area (Å²) in [5, 5.41) is 3.42. The Labute approximate surface area is 94.3 Å². The molecule has 3 heteroatoms. The molecule has 1 rings (SSSR count). The number of pyridine rings is 1. The normalized spacial score (nSPS) is 12.5. The van der Waals surface area contributed by atoms with Crippen LogP contribution in [-0.4, -0.2) is 11.0 Å². The number of nitrogens with zero attached hydrogens (tertiary/aromatic N) is 1. The largest absolute Gasteiger partial charge is 0.367 e. The first-order chi connectivity index (χ1) is 6.76. The maximum atomic E-state index is 4.29. The zero-order valence-corrected chi connectivity index (χ0v) is 10.3. The number of anilines is 1. The Morgan fingerprint density at radius 1 is 1.43 bits per heavy atom. The van der Waals surface area contributed by atoms with Crippen molar-refractivity contribution in [3.05, 3.63) is 22.8 Å². The van der Waals surface area contributed by atoms with Gasteiger partial charge in [-0.05, 0) is 40.9 Å². The molecule has 78 valence electrons. The first kappa shape index (κ1) is 11.5. The third-order valence-corrected chi connectivity index (χ3v) is 2.68. The summed E-state index contributed by atoms with van der Waals surface area (Å²) < 4.78 is 1.02. The summed E-state index contributed by atoms with van der Waals surface area (Å²) in [6.07, 6.45) is 5.38. The predicted molar refractivity (Wildman–Crippen MR) is 64.5 cm³/mol. The molecule has 0 saturated carbocycles. The summed E-state index contributed by atoms with van der Waals surface area (Å²) in [5.74, 6) is 0.966. The van der Waals surface area contributed by atoms with Gasteiger partial charge < -0.3 is 5.32 Å². The molecule has 1 N–H and O–H groups in total. The standard InChI is InChI=1S/C11H17BrN2/c1-3-5-10(4-2)14-11-7-6-9(12)8-13-11/h6-8,10H,3-5H2,1-2H3,(H,13,14).